The van der Waals surface area contributed by atoms with Crippen LogP contribution in [0.4, 0.5) is 0 Å². The first-order valence-electron chi connectivity index (χ1n) is 7.62. The first-order chi connectivity index (χ1) is 12.0. The van der Waals surface area contributed by atoms with Crippen LogP contribution in [0.1, 0.15) is 36.8 Å². The summed E-state index contributed by atoms with van der Waals surface area (Å²) in [6, 6.07) is 14.9. The SMILES string of the molecule is Cc1ccc2cc(C(=O)ON3C(=O)c4ccccc4C3=O)ccc2n1. The average Bonchev–Trinajstić information content (AvgIpc) is 2.86. The van der Waals surface area contributed by atoms with Crippen LogP contribution >= 0.6 is 0 Å². The van der Waals surface area contributed by atoms with Gasteiger partial charge in [0, 0.05) is 11.1 Å². The fourth-order valence-corrected chi connectivity index (χ4v) is 2.74. The summed E-state index contributed by atoms with van der Waals surface area (Å²) in [5, 5.41) is 1.27. The molecule has 0 radical (unpaired) electrons. The highest BCUT2D eigenvalue weighted by Gasteiger charge is 2.38. The first kappa shape index (κ1) is 15.0. The molecule has 3 aromatic rings. The Labute approximate surface area is 142 Å². The quantitative estimate of drug-likeness (QED) is 0.674. The van der Waals surface area contributed by atoms with E-state index in [0.29, 0.717) is 5.06 Å². The predicted molar refractivity (Wildman–Crippen MR) is 88.8 cm³/mol. The molecule has 0 N–H and O–H groups in total. The van der Waals surface area contributed by atoms with Crippen LogP contribution in [0.25, 0.3) is 10.9 Å². The molecule has 1 aliphatic heterocycles. The van der Waals surface area contributed by atoms with Gasteiger partial charge in [-0.3, -0.25) is 14.6 Å². The van der Waals surface area contributed by atoms with Crippen LogP contribution in [0.3, 0.4) is 0 Å². The molecule has 0 atom stereocenters. The fourth-order valence-electron chi connectivity index (χ4n) is 2.74. The zero-order valence-electron chi connectivity index (χ0n) is 13.2. The Hall–Kier alpha value is -3.54. The van der Waals surface area contributed by atoms with Crippen LogP contribution in [0, 0.1) is 6.92 Å². The third-order valence-corrected chi connectivity index (χ3v) is 4.00. The molecule has 0 saturated heterocycles. The molecule has 0 fully saturated rings. The third-order valence-electron chi connectivity index (χ3n) is 4.00. The van der Waals surface area contributed by atoms with E-state index in [9.17, 15) is 14.4 Å². The Balaban J connectivity index is 1.62. The molecule has 0 spiro atoms. The molecule has 2 aromatic carbocycles. The van der Waals surface area contributed by atoms with Crippen molar-refractivity contribution in [1.29, 1.82) is 0 Å². The molecule has 0 aliphatic carbocycles. The van der Waals surface area contributed by atoms with Crippen molar-refractivity contribution in [1.82, 2.24) is 10.0 Å². The smallest absolute Gasteiger partial charge is 0.324 e. The Morgan fingerprint density at radius 2 is 1.64 bits per heavy atom. The summed E-state index contributed by atoms with van der Waals surface area (Å²) >= 11 is 0. The maximum Gasteiger partial charge on any atom is 0.363 e. The second-order valence-electron chi connectivity index (χ2n) is 5.69. The average molecular weight is 332 g/mol. The number of hydrogen-bond acceptors (Lipinski definition) is 5. The van der Waals surface area contributed by atoms with Gasteiger partial charge in [0.1, 0.15) is 0 Å². The van der Waals surface area contributed by atoms with Crippen molar-refractivity contribution >= 4 is 28.7 Å². The van der Waals surface area contributed by atoms with Gasteiger partial charge in [-0.2, -0.15) is 0 Å². The lowest BCUT2D eigenvalue weighted by molar-refractivity contribution is -0.0584. The Morgan fingerprint density at radius 1 is 0.960 bits per heavy atom. The van der Waals surface area contributed by atoms with E-state index in [1.807, 2.05) is 19.1 Å². The normalized spacial score (nSPS) is 13.2. The van der Waals surface area contributed by atoms with Crippen molar-refractivity contribution in [3.63, 3.8) is 0 Å². The number of imide groups is 1. The Kier molecular flexibility index (Phi) is 3.32. The summed E-state index contributed by atoms with van der Waals surface area (Å²) in [7, 11) is 0. The second-order valence-corrected chi connectivity index (χ2v) is 5.69. The van der Waals surface area contributed by atoms with Gasteiger partial charge >= 0.3 is 5.97 Å². The fraction of sp³-hybridized carbons (Fsp3) is 0.0526. The predicted octanol–water partition coefficient (Wildman–Crippen LogP) is 2.91. The van der Waals surface area contributed by atoms with E-state index >= 15 is 0 Å². The largest absolute Gasteiger partial charge is 0.363 e. The van der Waals surface area contributed by atoms with Crippen LogP contribution in [0.5, 0.6) is 0 Å². The summed E-state index contributed by atoms with van der Waals surface area (Å²) < 4.78 is 0. The van der Waals surface area contributed by atoms with E-state index in [1.165, 1.54) is 12.1 Å². The van der Waals surface area contributed by atoms with Crippen molar-refractivity contribution in [3.05, 3.63) is 77.0 Å². The van der Waals surface area contributed by atoms with Crippen molar-refractivity contribution in [2.45, 2.75) is 6.92 Å². The van der Waals surface area contributed by atoms with Gasteiger partial charge < -0.3 is 4.84 Å². The minimum absolute atomic E-state index is 0.221. The minimum atomic E-state index is -0.781. The van der Waals surface area contributed by atoms with Crippen LogP contribution in [0.15, 0.2) is 54.6 Å². The third kappa shape index (κ3) is 2.44. The molecule has 6 heteroatoms. The number of nitrogens with zero attached hydrogens (tertiary/aromatic N) is 2. The molecule has 2 heterocycles. The number of aromatic nitrogens is 1. The van der Waals surface area contributed by atoms with Crippen molar-refractivity contribution < 1.29 is 19.2 Å². The molecule has 4 rings (SSSR count). The molecule has 0 bridgehead atoms. The zero-order valence-corrected chi connectivity index (χ0v) is 13.2. The van der Waals surface area contributed by atoms with E-state index in [-0.39, 0.29) is 16.7 Å². The van der Waals surface area contributed by atoms with Gasteiger partial charge in [-0.1, -0.05) is 23.3 Å². The maximum atomic E-state index is 12.4. The lowest BCUT2D eigenvalue weighted by Gasteiger charge is -2.12. The summed E-state index contributed by atoms with van der Waals surface area (Å²) in [6.45, 7) is 1.88. The number of aryl methyl sites for hydroxylation is 1. The van der Waals surface area contributed by atoms with Gasteiger partial charge in [0.15, 0.2) is 0 Å². The van der Waals surface area contributed by atoms with Crippen molar-refractivity contribution in [2.24, 2.45) is 0 Å². The van der Waals surface area contributed by atoms with E-state index < -0.39 is 17.8 Å². The van der Waals surface area contributed by atoms with E-state index in [4.69, 9.17) is 4.84 Å². The molecule has 2 amide bonds. The van der Waals surface area contributed by atoms with E-state index in [1.54, 1.807) is 30.3 Å². The molecule has 122 valence electrons. The highest BCUT2D eigenvalue weighted by molar-refractivity contribution is 6.21. The van der Waals surface area contributed by atoms with Crippen molar-refractivity contribution in [2.75, 3.05) is 0 Å². The number of pyridine rings is 1. The number of benzene rings is 2. The highest BCUT2D eigenvalue weighted by Crippen LogP contribution is 2.24. The van der Waals surface area contributed by atoms with E-state index in [2.05, 4.69) is 4.98 Å². The number of carbonyl (C=O) groups excluding carboxylic acids is 3. The summed E-state index contributed by atoms with van der Waals surface area (Å²) in [5.74, 6) is -2.07. The summed E-state index contributed by atoms with van der Waals surface area (Å²) in [4.78, 5) is 46.3. The van der Waals surface area contributed by atoms with Gasteiger partial charge in [-0.25, -0.2) is 4.79 Å². The highest BCUT2D eigenvalue weighted by atomic mass is 16.7. The van der Waals surface area contributed by atoms with Gasteiger partial charge in [-0.05, 0) is 43.3 Å². The standard InChI is InChI=1S/C19H12N2O4/c1-11-6-7-12-10-13(8-9-16(12)20-11)19(24)25-21-17(22)14-4-2-3-5-15(14)18(21)23/h2-10H,1H3. The van der Waals surface area contributed by atoms with Crippen LogP contribution in [0.2, 0.25) is 0 Å². The number of fused-ring (bicyclic) bond motifs is 2. The number of hydrogen-bond donors (Lipinski definition) is 0. The number of carbonyl (C=O) groups is 3. The zero-order chi connectivity index (χ0) is 17.6. The molecular formula is C19H12N2O4. The molecule has 1 aliphatic rings. The molecular weight excluding hydrogens is 320 g/mol. The maximum absolute atomic E-state index is 12.4. The summed E-state index contributed by atoms with van der Waals surface area (Å²) in [6.07, 6.45) is 0. The van der Waals surface area contributed by atoms with Crippen molar-refractivity contribution in [3.8, 4) is 0 Å². The Bertz CT molecular complexity index is 1020. The minimum Gasteiger partial charge on any atom is -0.324 e. The van der Waals surface area contributed by atoms with Gasteiger partial charge in [0.05, 0.1) is 22.2 Å². The van der Waals surface area contributed by atoms with E-state index in [0.717, 1.165) is 16.6 Å². The van der Waals surface area contributed by atoms with Gasteiger partial charge in [-0.15, -0.1) is 0 Å². The number of rotatable bonds is 2. The molecule has 25 heavy (non-hydrogen) atoms. The summed E-state index contributed by atoms with van der Waals surface area (Å²) in [5.41, 5.74) is 2.29. The monoisotopic (exact) mass is 332 g/mol. The Morgan fingerprint density at radius 3 is 2.32 bits per heavy atom. The first-order valence-corrected chi connectivity index (χ1v) is 7.62. The second kappa shape index (κ2) is 5.52. The van der Waals surface area contributed by atoms with Crippen LogP contribution < -0.4 is 0 Å². The van der Waals surface area contributed by atoms with Crippen LogP contribution in [-0.2, 0) is 4.84 Å². The number of hydroxylamine groups is 2. The lowest BCUT2D eigenvalue weighted by atomic mass is 10.1. The molecule has 6 nitrogen and oxygen atoms in total. The lowest BCUT2D eigenvalue weighted by Crippen LogP contribution is -2.32. The number of amides is 2. The van der Waals surface area contributed by atoms with Gasteiger partial charge in [0.2, 0.25) is 0 Å². The van der Waals surface area contributed by atoms with Gasteiger partial charge in [0.25, 0.3) is 11.8 Å². The molecule has 0 unspecified atom stereocenters. The topological polar surface area (TPSA) is 76.6 Å². The van der Waals surface area contributed by atoms with Crippen LogP contribution in [-0.4, -0.2) is 27.8 Å². The molecule has 1 aromatic heterocycles. The molecule has 0 saturated carbocycles.